The standard InChI is InChI=1S/C31H55NO6/c1-12-13-26-17(2)14-18(3)27(33)19(4)15-20(5)29(23(8)22(7)24(9)30(35)37-26)38-31-28(34)25(32(10)11)16-21(6)36-31/h14,17,19-26,28-29,31,34H,12-13,15-16H2,1-11H3/b18-14+/t17?,19-,20+,21?,22+,23+,24-,25?,26-,28?,29?,31?/m1/s1. The summed E-state index contributed by atoms with van der Waals surface area (Å²) in [6.45, 7) is 18.2. The van der Waals surface area contributed by atoms with Crippen molar-refractivity contribution < 1.29 is 28.9 Å². The van der Waals surface area contributed by atoms with E-state index in [1.807, 2.05) is 59.7 Å². The van der Waals surface area contributed by atoms with Gasteiger partial charge in [-0.3, -0.25) is 9.59 Å². The Morgan fingerprint density at radius 1 is 1.03 bits per heavy atom. The van der Waals surface area contributed by atoms with E-state index in [1.165, 1.54) is 0 Å². The van der Waals surface area contributed by atoms with Gasteiger partial charge in [-0.15, -0.1) is 0 Å². The lowest BCUT2D eigenvalue weighted by Gasteiger charge is -2.44. The predicted molar refractivity (Wildman–Crippen MR) is 150 cm³/mol. The average Bonchev–Trinajstić information content (AvgIpc) is 2.85. The molecule has 1 fully saturated rings. The van der Waals surface area contributed by atoms with Gasteiger partial charge in [0.15, 0.2) is 12.1 Å². The normalized spacial score (nSPS) is 43.8. The van der Waals surface area contributed by atoms with Gasteiger partial charge in [0, 0.05) is 17.9 Å². The van der Waals surface area contributed by atoms with Crippen LogP contribution < -0.4 is 0 Å². The zero-order chi connectivity index (χ0) is 28.9. The summed E-state index contributed by atoms with van der Waals surface area (Å²) in [4.78, 5) is 28.7. The highest BCUT2D eigenvalue weighted by Gasteiger charge is 2.43. The number of carbonyl (C=O) groups is 2. The molecule has 0 aliphatic carbocycles. The summed E-state index contributed by atoms with van der Waals surface area (Å²) in [5, 5.41) is 11.2. The number of ether oxygens (including phenoxy) is 3. The number of cyclic esters (lactones) is 1. The first-order valence-electron chi connectivity index (χ1n) is 14.8. The minimum absolute atomic E-state index is 0.00135. The molecule has 220 valence electrons. The van der Waals surface area contributed by atoms with E-state index >= 15 is 0 Å². The highest BCUT2D eigenvalue weighted by molar-refractivity contribution is 5.96. The lowest BCUT2D eigenvalue weighted by molar-refractivity contribution is -0.281. The van der Waals surface area contributed by atoms with Gasteiger partial charge in [-0.2, -0.15) is 0 Å². The molecule has 2 heterocycles. The Hall–Kier alpha value is -1.28. The second kappa shape index (κ2) is 14.4. The van der Waals surface area contributed by atoms with Crippen LogP contribution in [0.15, 0.2) is 11.6 Å². The van der Waals surface area contributed by atoms with Crippen LogP contribution in [0, 0.1) is 35.5 Å². The molecule has 12 atom stereocenters. The van der Waals surface area contributed by atoms with E-state index in [1.54, 1.807) is 0 Å². The first kappa shape index (κ1) is 32.9. The van der Waals surface area contributed by atoms with Crippen molar-refractivity contribution >= 4 is 11.8 Å². The fourth-order valence-corrected chi connectivity index (χ4v) is 6.30. The Morgan fingerprint density at radius 3 is 2.24 bits per heavy atom. The Balaban J connectivity index is 2.44. The van der Waals surface area contributed by atoms with Crippen LogP contribution in [0.3, 0.4) is 0 Å². The molecule has 2 aliphatic rings. The number of esters is 1. The maximum absolute atomic E-state index is 13.4. The average molecular weight is 538 g/mol. The Bertz CT molecular complexity index is 812. The van der Waals surface area contributed by atoms with Crippen molar-refractivity contribution in [2.45, 2.75) is 125 Å². The predicted octanol–water partition coefficient (Wildman–Crippen LogP) is 5.25. The molecule has 0 radical (unpaired) electrons. The number of Topliss-reactive ketones (excluding diaryl/α,β-unsaturated/α-hetero) is 1. The third-order valence-corrected chi connectivity index (χ3v) is 9.14. The van der Waals surface area contributed by atoms with Gasteiger partial charge in [0.25, 0.3) is 0 Å². The number of rotatable bonds is 5. The van der Waals surface area contributed by atoms with Crippen LogP contribution in [-0.2, 0) is 23.8 Å². The first-order valence-corrected chi connectivity index (χ1v) is 14.8. The molecule has 0 aromatic carbocycles. The number of aliphatic hydroxyl groups excluding tert-OH is 1. The quantitative estimate of drug-likeness (QED) is 0.480. The van der Waals surface area contributed by atoms with Crippen molar-refractivity contribution in [2.24, 2.45) is 35.5 Å². The van der Waals surface area contributed by atoms with Gasteiger partial charge in [-0.25, -0.2) is 0 Å². The summed E-state index contributed by atoms with van der Waals surface area (Å²) < 4.78 is 18.8. The van der Waals surface area contributed by atoms with E-state index in [4.69, 9.17) is 14.2 Å². The fraction of sp³-hybridized carbons (Fsp3) is 0.871. The third kappa shape index (κ3) is 8.12. The summed E-state index contributed by atoms with van der Waals surface area (Å²) in [5.41, 5.74) is 0.715. The van der Waals surface area contributed by atoms with E-state index in [2.05, 4.69) is 27.7 Å². The smallest absolute Gasteiger partial charge is 0.309 e. The maximum atomic E-state index is 13.4. The van der Waals surface area contributed by atoms with Crippen molar-refractivity contribution in [3.8, 4) is 0 Å². The highest BCUT2D eigenvalue weighted by Crippen LogP contribution is 2.36. The van der Waals surface area contributed by atoms with E-state index in [9.17, 15) is 14.7 Å². The largest absolute Gasteiger partial charge is 0.462 e. The van der Waals surface area contributed by atoms with Crippen molar-refractivity contribution in [1.82, 2.24) is 4.90 Å². The molecule has 0 aromatic heterocycles. The van der Waals surface area contributed by atoms with Gasteiger partial charge in [0.05, 0.1) is 18.1 Å². The molecular weight excluding hydrogens is 482 g/mol. The molecule has 0 saturated carbocycles. The van der Waals surface area contributed by atoms with Gasteiger partial charge in [-0.1, -0.05) is 61.0 Å². The molecule has 6 unspecified atom stereocenters. The molecule has 38 heavy (non-hydrogen) atoms. The van der Waals surface area contributed by atoms with Crippen LogP contribution in [0.2, 0.25) is 0 Å². The minimum atomic E-state index is -0.799. The SMILES string of the molecule is CCC[C@H]1OC(=O)[C@H](C)[C@@H](C)[C@H](C)C(OC2OC(C)CC(N(C)C)C2O)[C@@H](C)C[C@@H](C)C(=O)/C(C)=C/C1C. The van der Waals surface area contributed by atoms with Crippen LogP contribution in [0.1, 0.15) is 88.0 Å². The molecule has 0 aromatic rings. The van der Waals surface area contributed by atoms with E-state index in [0.29, 0.717) is 12.0 Å². The van der Waals surface area contributed by atoms with Gasteiger partial charge >= 0.3 is 5.97 Å². The zero-order valence-electron chi connectivity index (χ0n) is 25.8. The number of nitrogens with zero attached hydrogens (tertiary/aromatic N) is 1. The van der Waals surface area contributed by atoms with Crippen molar-refractivity contribution in [1.29, 1.82) is 0 Å². The van der Waals surface area contributed by atoms with Crippen LogP contribution in [-0.4, -0.2) is 72.6 Å². The number of carbonyl (C=O) groups excluding carboxylic acids is 2. The summed E-state index contributed by atoms with van der Waals surface area (Å²) >= 11 is 0. The Labute approximate surface area is 231 Å². The topological polar surface area (TPSA) is 85.3 Å². The van der Waals surface area contributed by atoms with Crippen molar-refractivity contribution in [3.63, 3.8) is 0 Å². The highest BCUT2D eigenvalue weighted by atomic mass is 16.7. The van der Waals surface area contributed by atoms with Gasteiger partial charge < -0.3 is 24.2 Å². The molecule has 1 saturated heterocycles. The van der Waals surface area contributed by atoms with Crippen molar-refractivity contribution in [2.75, 3.05) is 14.1 Å². The summed E-state index contributed by atoms with van der Waals surface area (Å²) in [6.07, 6.45) is 2.76. The molecule has 1 N–H and O–H groups in total. The molecule has 2 rings (SSSR count). The molecular formula is C31H55NO6. The molecule has 0 spiro atoms. The minimum Gasteiger partial charge on any atom is -0.462 e. The van der Waals surface area contributed by atoms with Crippen LogP contribution in [0.25, 0.3) is 0 Å². The van der Waals surface area contributed by atoms with Gasteiger partial charge in [0.2, 0.25) is 0 Å². The number of likely N-dealkylation sites (N-methyl/N-ethyl adjacent to an activating group) is 1. The van der Waals surface area contributed by atoms with E-state index in [-0.39, 0.29) is 71.6 Å². The van der Waals surface area contributed by atoms with E-state index < -0.39 is 12.4 Å². The molecule has 7 heteroatoms. The van der Waals surface area contributed by atoms with Gasteiger partial charge in [-0.05, 0) is 70.5 Å². The molecule has 0 amide bonds. The van der Waals surface area contributed by atoms with Crippen molar-refractivity contribution in [3.05, 3.63) is 11.6 Å². The second-order valence-corrected chi connectivity index (χ2v) is 12.6. The number of ketones is 1. The number of aliphatic hydroxyl groups is 1. The fourth-order valence-electron chi connectivity index (χ4n) is 6.30. The summed E-state index contributed by atoms with van der Waals surface area (Å²) in [5.74, 6) is -0.717. The lowest BCUT2D eigenvalue weighted by atomic mass is 9.75. The number of allylic oxidation sites excluding steroid dienone is 1. The van der Waals surface area contributed by atoms with Crippen LogP contribution >= 0.6 is 0 Å². The van der Waals surface area contributed by atoms with Crippen LogP contribution in [0.4, 0.5) is 0 Å². The third-order valence-electron chi connectivity index (χ3n) is 9.14. The molecule has 2 aliphatic heterocycles. The number of hydrogen-bond donors (Lipinski definition) is 1. The monoisotopic (exact) mass is 537 g/mol. The second-order valence-electron chi connectivity index (χ2n) is 12.6. The lowest BCUT2D eigenvalue weighted by Crippen LogP contribution is -2.56. The van der Waals surface area contributed by atoms with Crippen LogP contribution in [0.5, 0.6) is 0 Å². The van der Waals surface area contributed by atoms with Gasteiger partial charge in [0.1, 0.15) is 12.2 Å². The zero-order valence-corrected chi connectivity index (χ0v) is 25.8. The number of hydrogen-bond acceptors (Lipinski definition) is 7. The Morgan fingerprint density at radius 2 is 1.66 bits per heavy atom. The summed E-state index contributed by atoms with van der Waals surface area (Å²) in [7, 11) is 3.92. The maximum Gasteiger partial charge on any atom is 0.309 e. The first-order chi connectivity index (χ1) is 17.7. The molecule has 7 nitrogen and oxygen atoms in total. The Kier molecular flexibility index (Phi) is 12.5. The molecule has 0 bridgehead atoms. The summed E-state index contributed by atoms with van der Waals surface area (Å²) in [6, 6.07) is -0.0787. The van der Waals surface area contributed by atoms with E-state index in [0.717, 1.165) is 19.3 Å².